The zero-order valence-electron chi connectivity index (χ0n) is 23.8. The maximum atomic E-state index is 12.0. The Hall–Kier alpha value is -0.810. The van der Waals surface area contributed by atoms with E-state index < -0.39 is 43.2 Å². The Labute approximate surface area is 261 Å². The van der Waals surface area contributed by atoms with Crippen molar-refractivity contribution in [3.8, 4) is 0 Å². The summed E-state index contributed by atoms with van der Waals surface area (Å²) in [5.74, 6) is 1.94. The van der Waals surface area contributed by atoms with Gasteiger partial charge in [0, 0.05) is 23.8 Å². The number of hydrogen-bond donors (Lipinski definition) is 5. The third kappa shape index (κ3) is 15.8. The van der Waals surface area contributed by atoms with Crippen molar-refractivity contribution in [1.29, 1.82) is 5.39 Å². The zero-order valence-corrected chi connectivity index (χ0v) is 26.1. The Morgan fingerprint density at radius 3 is 2.07 bits per heavy atom. The summed E-state index contributed by atoms with van der Waals surface area (Å²) in [5, 5.41) is 56.8. The van der Waals surface area contributed by atoms with Gasteiger partial charge in [0.2, 0.25) is 5.91 Å². The van der Waals surface area contributed by atoms with E-state index in [-0.39, 0.29) is 32.0 Å². The highest BCUT2D eigenvalue weighted by Crippen LogP contribution is 2.30. The van der Waals surface area contributed by atoms with Crippen LogP contribution in [0.2, 0.25) is 0 Å². The first kappa shape index (κ1) is 39.2. The average Bonchev–Trinajstić information content (AvgIpc) is 2.93. The fourth-order valence-corrected chi connectivity index (χ4v) is 6.04. The van der Waals surface area contributed by atoms with Crippen LogP contribution in [-0.4, -0.2) is 134 Å². The van der Waals surface area contributed by atoms with Crippen LogP contribution in [0.4, 0.5) is 0 Å². The number of nitrogens with one attached hydrogen (secondary N) is 1. The average molecular weight is 661 g/mol. The first-order valence-corrected chi connectivity index (χ1v) is 16.5. The molecule has 0 radical (unpaired) electrons. The molecule has 244 valence electrons. The molecule has 1 aliphatic carbocycles. The lowest BCUT2D eigenvalue weighted by Gasteiger charge is -2.40. The minimum Gasteiger partial charge on any atom is -1.00 e. The number of carbonyl (C=O) groups excluding carboxylic acids is 1. The van der Waals surface area contributed by atoms with E-state index in [1.54, 1.807) is 10.8 Å². The van der Waals surface area contributed by atoms with Crippen molar-refractivity contribution in [2.75, 3.05) is 71.0 Å². The predicted molar refractivity (Wildman–Crippen MR) is 154 cm³/mol. The molecule has 2 fully saturated rings. The molecule has 0 aromatic carbocycles. The molecule has 42 heavy (non-hydrogen) atoms. The molecular weight excluding hydrogens is 616 g/mol. The van der Waals surface area contributed by atoms with Crippen LogP contribution >= 0.6 is 21.6 Å². The molecule has 1 heterocycles. The summed E-state index contributed by atoms with van der Waals surface area (Å²) < 4.78 is 26.8. The van der Waals surface area contributed by atoms with Gasteiger partial charge in [0.1, 0.15) is 30.1 Å². The standard InChI is InChI=1S/C25H44N4O10S2.ClH/c26-29-28-19(18-3-1-4-18)5-2-15-40-41-16-14-38-13-12-37-11-10-36-9-8-35-7-6-21(31)27-22-24(33)23(32)20(17-30)39-25(22)34;/h18,20,22-25,30,32-34H,1-17H2;1H. The number of rotatable bonds is 23. The molecule has 1 aliphatic heterocycles. The highest BCUT2D eigenvalue weighted by atomic mass is 35.5. The summed E-state index contributed by atoms with van der Waals surface area (Å²) >= 11 is 0. The van der Waals surface area contributed by atoms with Gasteiger partial charge in [-0.15, -0.1) is 0 Å². The molecule has 2 aliphatic rings. The van der Waals surface area contributed by atoms with E-state index in [4.69, 9.17) is 34.2 Å². The van der Waals surface area contributed by atoms with Gasteiger partial charge in [-0.3, -0.25) is 4.79 Å². The summed E-state index contributed by atoms with van der Waals surface area (Å²) in [5.41, 5.74) is 1.03. The third-order valence-corrected chi connectivity index (χ3v) is 9.08. The van der Waals surface area contributed by atoms with E-state index in [0.717, 1.165) is 42.9 Å². The number of halogens is 1. The largest absolute Gasteiger partial charge is 1.00 e. The lowest BCUT2D eigenvalue weighted by atomic mass is 9.80. The fraction of sp³-hybridized carbons (Fsp3) is 0.920. The molecule has 5 N–H and O–H groups in total. The molecule has 5 atom stereocenters. The number of aliphatic hydroxyl groups excluding tert-OH is 4. The number of carbonyl (C=O) groups is 1. The van der Waals surface area contributed by atoms with Crippen molar-refractivity contribution in [3.05, 3.63) is 5.08 Å². The van der Waals surface area contributed by atoms with Gasteiger partial charge in [0.25, 0.3) is 5.39 Å². The Morgan fingerprint density at radius 1 is 0.905 bits per heavy atom. The molecule has 0 aromatic rings. The minimum absolute atomic E-state index is 0. The van der Waals surface area contributed by atoms with E-state index in [1.807, 2.05) is 10.8 Å². The van der Waals surface area contributed by atoms with Crippen LogP contribution in [-0.2, 0) is 28.5 Å². The lowest BCUT2D eigenvalue weighted by Crippen LogP contribution is -3.00. The summed E-state index contributed by atoms with van der Waals surface area (Å²) in [7, 11) is 3.60. The van der Waals surface area contributed by atoms with Crippen molar-refractivity contribution in [3.63, 3.8) is 0 Å². The maximum absolute atomic E-state index is 12.0. The van der Waals surface area contributed by atoms with Gasteiger partial charge < -0.3 is 61.8 Å². The normalized spacial score (nSPS) is 24.5. The SMILES string of the molecule is N#[N+]N=C(CCCSSCCOCCOCCOCCOCCC(=O)NC1C(O)OC(CO)C(O)C1O)C1CCC1.[Cl-]. The van der Waals surface area contributed by atoms with Crippen LogP contribution in [0.3, 0.4) is 0 Å². The van der Waals surface area contributed by atoms with E-state index >= 15 is 0 Å². The number of hydrogen-bond acceptors (Lipinski definition) is 14. The smallest absolute Gasteiger partial charge is 0.338 e. The van der Waals surface area contributed by atoms with Gasteiger partial charge >= 0.3 is 5.08 Å². The van der Waals surface area contributed by atoms with Crippen molar-refractivity contribution < 1.29 is 61.3 Å². The quantitative estimate of drug-likeness (QED) is 0.0255. The van der Waals surface area contributed by atoms with Gasteiger partial charge in [0.05, 0.1) is 59.5 Å². The van der Waals surface area contributed by atoms with Gasteiger partial charge in [-0.05, 0) is 25.7 Å². The van der Waals surface area contributed by atoms with E-state index in [9.17, 15) is 20.1 Å². The summed E-state index contributed by atoms with van der Waals surface area (Å²) in [4.78, 5) is 12.0. The first-order valence-electron chi connectivity index (χ1n) is 14.0. The Bertz CT molecular complexity index is 797. The van der Waals surface area contributed by atoms with Crippen LogP contribution < -0.4 is 17.7 Å². The van der Waals surface area contributed by atoms with E-state index in [0.29, 0.717) is 45.6 Å². The highest BCUT2D eigenvalue weighted by molar-refractivity contribution is 8.76. The molecule has 1 saturated carbocycles. The topological polar surface area (TPSA) is 197 Å². The number of ether oxygens (including phenoxy) is 5. The molecular formula is C25H45ClN4O10S2. The molecule has 0 aromatic heterocycles. The molecule has 0 bridgehead atoms. The second-order valence-corrected chi connectivity index (χ2v) is 12.3. The number of aliphatic hydroxyl groups is 4. The summed E-state index contributed by atoms with van der Waals surface area (Å²) in [6.45, 7) is 2.66. The predicted octanol–water partition coefficient (Wildman–Crippen LogP) is -2.47. The molecule has 1 saturated heterocycles. The monoisotopic (exact) mass is 660 g/mol. The van der Waals surface area contributed by atoms with Gasteiger partial charge in [-0.1, -0.05) is 28.0 Å². The van der Waals surface area contributed by atoms with Gasteiger partial charge in [0.15, 0.2) is 11.4 Å². The van der Waals surface area contributed by atoms with Crippen molar-refractivity contribution in [1.82, 2.24) is 5.32 Å². The molecule has 5 unspecified atom stereocenters. The van der Waals surface area contributed by atoms with Crippen LogP contribution in [0.25, 0.3) is 5.08 Å². The van der Waals surface area contributed by atoms with Crippen LogP contribution in [0, 0.1) is 11.3 Å². The molecule has 17 heteroatoms. The summed E-state index contributed by atoms with van der Waals surface area (Å²) in [6, 6.07) is -1.21. The maximum Gasteiger partial charge on any atom is 0.338 e. The van der Waals surface area contributed by atoms with Crippen LogP contribution in [0.15, 0.2) is 5.10 Å². The van der Waals surface area contributed by atoms with Crippen LogP contribution in [0.5, 0.6) is 0 Å². The fourth-order valence-electron chi connectivity index (χ4n) is 4.10. The molecule has 2 rings (SSSR count). The van der Waals surface area contributed by atoms with E-state index in [2.05, 4.69) is 15.5 Å². The number of amides is 1. The first-order chi connectivity index (χ1) is 20.0. The zero-order chi connectivity index (χ0) is 29.7. The van der Waals surface area contributed by atoms with Crippen molar-refractivity contribution in [2.45, 2.75) is 69.2 Å². The Kier molecular flexibility index (Phi) is 22.9. The minimum atomic E-state index is -1.55. The van der Waals surface area contributed by atoms with Crippen molar-refractivity contribution >= 4 is 33.2 Å². The third-order valence-electron chi connectivity index (χ3n) is 6.62. The van der Waals surface area contributed by atoms with Gasteiger partial charge in [-0.25, -0.2) is 0 Å². The van der Waals surface area contributed by atoms with E-state index in [1.165, 1.54) is 6.42 Å². The number of nitrogens with zero attached hydrogens (tertiary/aromatic N) is 3. The highest BCUT2D eigenvalue weighted by Gasteiger charge is 2.44. The van der Waals surface area contributed by atoms with Crippen LogP contribution in [0.1, 0.15) is 38.5 Å². The second-order valence-electron chi connectivity index (χ2n) is 9.58. The molecule has 14 nitrogen and oxygen atoms in total. The lowest BCUT2D eigenvalue weighted by molar-refractivity contribution is -0.253. The van der Waals surface area contributed by atoms with Crippen molar-refractivity contribution in [2.24, 2.45) is 11.0 Å². The molecule has 1 amide bonds. The summed E-state index contributed by atoms with van der Waals surface area (Å²) in [6.07, 6.45) is -0.143. The number of diazo groups is 1. The second kappa shape index (κ2) is 24.5. The Morgan fingerprint density at radius 2 is 1.50 bits per heavy atom. The Balaban J connectivity index is 0.00000882. The molecule has 0 spiro atoms. The van der Waals surface area contributed by atoms with Gasteiger partial charge in [-0.2, -0.15) is 0 Å².